The smallest absolute Gasteiger partial charge is 0.246 e. The van der Waals surface area contributed by atoms with Gasteiger partial charge in [0.1, 0.15) is 34.9 Å². The summed E-state index contributed by atoms with van der Waals surface area (Å²) in [5, 5.41) is 56.6. The quantitative estimate of drug-likeness (QED) is 0.124. The lowest BCUT2D eigenvalue weighted by Gasteiger charge is -2.32. The van der Waals surface area contributed by atoms with Crippen LogP contribution in [0.5, 0.6) is 5.75 Å². The van der Waals surface area contributed by atoms with Gasteiger partial charge in [0, 0.05) is 42.7 Å². The first kappa shape index (κ1) is 49.0. The summed E-state index contributed by atoms with van der Waals surface area (Å²) >= 11 is 0. The number of nitrogens with zero attached hydrogens (tertiary/aromatic N) is 1. The number of carbonyl (C=O) groups is 9. The van der Waals surface area contributed by atoms with E-state index >= 15 is 0 Å². The normalized spacial score (nSPS) is 28.6. The lowest BCUT2D eigenvalue weighted by atomic mass is 9.85. The number of aromatic amines is 1. The van der Waals surface area contributed by atoms with Crippen molar-refractivity contribution in [2.24, 2.45) is 23.5 Å². The van der Waals surface area contributed by atoms with E-state index in [4.69, 9.17) is 5.73 Å². The molecule has 2 aromatic rings. The Morgan fingerprint density at radius 1 is 0.906 bits per heavy atom. The predicted molar refractivity (Wildman–Crippen MR) is 223 cm³/mol. The number of aromatic nitrogens is 1. The average Bonchev–Trinajstić information content (AvgIpc) is 3.82. The van der Waals surface area contributed by atoms with Gasteiger partial charge in [-0.05, 0) is 30.0 Å². The highest BCUT2D eigenvalue weighted by atomic mass is 32.2. The summed E-state index contributed by atoms with van der Waals surface area (Å²) in [6.07, 6.45) is -4.94. The van der Waals surface area contributed by atoms with Crippen LogP contribution in [0.3, 0.4) is 0 Å². The van der Waals surface area contributed by atoms with Gasteiger partial charge >= 0.3 is 0 Å². The molecule has 13 N–H and O–H groups in total. The number of aliphatic hydroxyl groups is 3. The molecule has 64 heavy (non-hydrogen) atoms. The molecule has 2 bridgehead atoms. The van der Waals surface area contributed by atoms with Gasteiger partial charge < -0.3 is 67.9 Å². The van der Waals surface area contributed by atoms with Crippen molar-refractivity contribution in [3.63, 3.8) is 0 Å². The third-order valence-corrected chi connectivity index (χ3v) is 13.3. The molecule has 23 nitrogen and oxygen atoms in total. The van der Waals surface area contributed by atoms with E-state index in [1.54, 1.807) is 13.8 Å². The summed E-state index contributed by atoms with van der Waals surface area (Å²) in [4.78, 5) is 128. The first-order chi connectivity index (χ1) is 30.2. The van der Waals surface area contributed by atoms with Crippen LogP contribution in [0, 0.1) is 17.8 Å². The highest BCUT2D eigenvalue weighted by Crippen LogP contribution is 2.32. The Morgan fingerprint density at radius 2 is 1.58 bits per heavy atom. The van der Waals surface area contributed by atoms with Crippen molar-refractivity contribution in [1.29, 1.82) is 0 Å². The molecule has 8 amide bonds. The number of amides is 8. The van der Waals surface area contributed by atoms with Gasteiger partial charge in [0.05, 0.1) is 66.4 Å². The van der Waals surface area contributed by atoms with E-state index in [0.717, 1.165) is 4.90 Å². The molecule has 3 aliphatic heterocycles. The van der Waals surface area contributed by atoms with E-state index in [1.165, 1.54) is 25.1 Å². The number of phenolic OH excluding ortho intramolecular Hbond substituents is 1. The third kappa shape index (κ3) is 11.6. The number of aliphatic hydroxyl groups excluding tert-OH is 3. The van der Waals surface area contributed by atoms with Crippen LogP contribution in [-0.4, -0.2) is 162 Å². The lowest BCUT2D eigenvalue weighted by Crippen LogP contribution is -2.60. The van der Waals surface area contributed by atoms with Gasteiger partial charge in [-0.1, -0.05) is 27.2 Å². The van der Waals surface area contributed by atoms with Crippen molar-refractivity contribution in [1.82, 2.24) is 41.8 Å². The van der Waals surface area contributed by atoms with Gasteiger partial charge in [-0.3, -0.25) is 47.4 Å². The molecule has 4 heterocycles. The van der Waals surface area contributed by atoms with Crippen LogP contribution in [0.4, 0.5) is 0 Å². The van der Waals surface area contributed by atoms with Crippen LogP contribution in [-0.2, 0) is 60.4 Å². The SMILES string of the molecule is CC[C@H](C)[C@@H]1NC(=O)CNC(=O)[C@H]2CC(=O)[C@H]([C@@H](C)[C@@H](O)CO)NC(=O)[C@@H]3C[C@@H](O)CN3C(=O)[C@H](CC(N)=O)NC(=O)[C@H](CS(=O)c3[nH]c4cc(O)ccc4c3C2)NC(=O)CNC1=O. The molecular formula is C40H55N9O14S. The minimum absolute atomic E-state index is 0.129. The molecule has 24 heteroatoms. The number of carbonyl (C=O) groups excluding carboxylic acids is 9. The summed E-state index contributed by atoms with van der Waals surface area (Å²) in [7, 11) is -2.35. The number of benzene rings is 1. The second-order valence-electron chi connectivity index (χ2n) is 16.5. The number of fused-ring (bicyclic) bond motifs is 5. The van der Waals surface area contributed by atoms with Gasteiger partial charge in [-0.2, -0.15) is 0 Å². The highest BCUT2D eigenvalue weighted by Gasteiger charge is 2.45. The number of hydrogen-bond donors (Lipinski definition) is 12. The highest BCUT2D eigenvalue weighted by molar-refractivity contribution is 7.85. The van der Waals surface area contributed by atoms with Crippen molar-refractivity contribution in [3.05, 3.63) is 23.8 Å². The minimum atomic E-state index is -2.35. The summed E-state index contributed by atoms with van der Waals surface area (Å²) in [6.45, 7) is 1.90. The van der Waals surface area contributed by atoms with Crippen molar-refractivity contribution in [2.45, 2.75) is 100 Å². The van der Waals surface area contributed by atoms with Gasteiger partial charge in [-0.25, -0.2) is 0 Å². The Labute approximate surface area is 368 Å². The number of H-pyrrole nitrogens is 1. The van der Waals surface area contributed by atoms with Crippen LogP contribution in [0.1, 0.15) is 52.0 Å². The van der Waals surface area contributed by atoms with E-state index in [0.29, 0.717) is 11.8 Å². The largest absolute Gasteiger partial charge is 0.508 e. The van der Waals surface area contributed by atoms with Gasteiger partial charge in [0.25, 0.3) is 0 Å². The molecular weight excluding hydrogens is 863 g/mol. The zero-order valence-corrected chi connectivity index (χ0v) is 36.2. The maximum atomic E-state index is 14.6. The Morgan fingerprint density at radius 3 is 2.23 bits per heavy atom. The zero-order valence-electron chi connectivity index (χ0n) is 35.4. The molecule has 1 aromatic carbocycles. The number of ketones is 1. The van der Waals surface area contributed by atoms with Crippen LogP contribution in [0.25, 0.3) is 10.9 Å². The standard InChI is InChI=1S/C40H55N9O14S/c1-4-17(2)33-38(61)43-12-31(56)44-26-16-64(63)39-23(22-6-5-20(51)9-24(22)46-39)7-19(35(58)42-13-32(57)47-33)8-28(53)34(18(3)29(54)15-50)48-37(60)27-10-21(52)14-49(27)40(62)25(11-30(41)55)45-36(26)59/h5-6,9,17-19,21,25-27,29,33-34,46,50-52,54H,4,7-8,10-16H2,1-3H3,(H2,41,55)(H,42,58)(H,43,61)(H,44,56)(H,45,59)(H,47,57)(H,48,60)/t17-,18-,19+,21+,25-,26-,27-,29-,33-,34-,64?/m0/s1. The van der Waals surface area contributed by atoms with Crippen LogP contribution in [0.2, 0.25) is 0 Å². The number of nitrogens with one attached hydrogen (secondary N) is 7. The lowest BCUT2D eigenvalue weighted by molar-refractivity contribution is -0.144. The third-order valence-electron chi connectivity index (χ3n) is 11.8. The average molecular weight is 918 g/mol. The number of Topliss-reactive ketones (excluding diaryl/α,β-unsaturated/α-hetero) is 1. The molecule has 1 fully saturated rings. The van der Waals surface area contributed by atoms with E-state index in [1.807, 2.05) is 0 Å². The maximum Gasteiger partial charge on any atom is 0.246 e. The van der Waals surface area contributed by atoms with E-state index < -0.39 is 175 Å². The van der Waals surface area contributed by atoms with Crippen molar-refractivity contribution in [3.8, 4) is 5.75 Å². The first-order valence-electron chi connectivity index (χ1n) is 20.8. The molecule has 11 atom stereocenters. The maximum absolute atomic E-state index is 14.6. The number of hydrogen-bond acceptors (Lipinski definition) is 14. The Hall–Kier alpha value is -5.98. The van der Waals surface area contributed by atoms with Crippen molar-refractivity contribution < 1.29 is 67.8 Å². The summed E-state index contributed by atoms with van der Waals surface area (Å²) in [5.41, 5.74) is 5.82. The minimum Gasteiger partial charge on any atom is -0.508 e. The molecule has 1 unspecified atom stereocenters. The number of rotatable bonds is 7. The molecule has 0 spiro atoms. The Kier molecular flexibility index (Phi) is 16.2. The van der Waals surface area contributed by atoms with E-state index in [2.05, 4.69) is 36.9 Å². The van der Waals surface area contributed by atoms with E-state index in [-0.39, 0.29) is 28.3 Å². The molecule has 1 saturated heterocycles. The number of phenols is 1. The first-order valence-corrected chi connectivity index (χ1v) is 22.1. The second-order valence-corrected chi connectivity index (χ2v) is 17.9. The van der Waals surface area contributed by atoms with Crippen molar-refractivity contribution >= 4 is 74.7 Å². The molecule has 0 aliphatic carbocycles. The van der Waals surface area contributed by atoms with Gasteiger partial charge in [-0.15, -0.1) is 0 Å². The van der Waals surface area contributed by atoms with Crippen LogP contribution >= 0.6 is 0 Å². The molecule has 5 rings (SSSR count). The Balaban J connectivity index is 1.73. The van der Waals surface area contributed by atoms with Gasteiger partial charge in [0.2, 0.25) is 47.3 Å². The summed E-state index contributed by atoms with van der Waals surface area (Å²) in [6, 6.07) is -4.04. The Bertz CT molecular complexity index is 2200. The molecule has 3 aliphatic rings. The van der Waals surface area contributed by atoms with Crippen LogP contribution in [0.15, 0.2) is 23.2 Å². The van der Waals surface area contributed by atoms with Crippen molar-refractivity contribution in [2.75, 3.05) is 32.0 Å². The topological polar surface area (TPSA) is 369 Å². The van der Waals surface area contributed by atoms with Gasteiger partial charge in [0.15, 0.2) is 5.78 Å². The number of primary amides is 1. The number of aromatic hydroxyl groups is 1. The fraction of sp³-hybridized carbons (Fsp3) is 0.575. The fourth-order valence-corrected chi connectivity index (χ4v) is 9.39. The molecule has 0 radical (unpaired) electrons. The zero-order chi connectivity index (χ0) is 47.2. The summed E-state index contributed by atoms with van der Waals surface area (Å²) in [5.74, 6) is -12.9. The molecule has 0 saturated carbocycles. The monoisotopic (exact) mass is 917 g/mol. The molecule has 1 aromatic heterocycles. The molecule has 350 valence electrons. The number of nitrogens with two attached hydrogens (primary N) is 1. The summed E-state index contributed by atoms with van der Waals surface area (Å²) < 4.78 is 14.6. The van der Waals surface area contributed by atoms with Crippen LogP contribution < -0.4 is 37.6 Å². The fourth-order valence-electron chi connectivity index (χ4n) is 7.99. The predicted octanol–water partition coefficient (Wildman–Crippen LogP) is -4.83. The van der Waals surface area contributed by atoms with E-state index in [9.17, 15) is 67.8 Å². The second kappa shape index (κ2) is 21.1.